The van der Waals surface area contributed by atoms with Gasteiger partial charge in [0, 0.05) is 25.0 Å². The minimum Gasteiger partial charge on any atom is -0.342 e. The molecule has 3 heteroatoms. The van der Waals surface area contributed by atoms with Crippen LogP contribution in [0, 0.1) is 5.92 Å². The molecule has 1 fully saturated rings. The maximum absolute atomic E-state index is 11.9. The summed E-state index contributed by atoms with van der Waals surface area (Å²) in [6.45, 7) is 9.40. The minimum absolute atomic E-state index is 0.250. The SMILES string of the molecule is CCNC(CC)CCCN1CCCC(C)C1=O. The summed E-state index contributed by atoms with van der Waals surface area (Å²) in [6.07, 6.45) is 5.74. The summed E-state index contributed by atoms with van der Waals surface area (Å²) in [7, 11) is 0. The Bertz CT molecular complexity index is 230. The van der Waals surface area contributed by atoms with Crippen molar-refractivity contribution in [1.82, 2.24) is 10.2 Å². The average Bonchev–Trinajstić information content (AvgIpc) is 2.33. The van der Waals surface area contributed by atoms with Gasteiger partial charge in [-0.05, 0) is 38.6 Å². The van der Waals surface area contributed by atoms with Gasteiger partial charge in [-0.15, -0.1) is 0 Å². The molecule has 1 heterocycles. The number of likely N-dealkylation sites (tertiary alicyclic amines) is 1. The largest absolute Gasteiger partial charge is 0.342 e. The van der Waals surface area contributed by atoms with Gasteiger partial charge in [0.1, 0.15) is 0 Å². The summed E-state index contributed by atoms with van der Waals surface area (Å²) < 4.78 is 0. The van der Waals surface area contributed by atoms with Crippen LogP contribution >= 0.6 is 0 Å². The quantitative estimate of drug-likeness (QED) is 0.741. The number of carbonyl (C=O) groups is 1. The first-order valence-electron chi connectivity index (χ1n) is 7.21. The van der Waals surface area contributed by atoms with Crippen LogP contribution in [-0.2, 0) is 4.79 Å². The van der Waals surface area contributed by atoms with Crippen molar-refractivity contribution in [2.24, 2.45) is 5.92 Å². The van der Waals surface area contributed by atoms with E-state index in [1.807, 2.05) is 0 Å². The molecule has 100 valence electrons. The second-order valence-electron chi connectivity index (χ2n) is 5.17. The van der Waals surface area contributed by atoms with E-state index in [-0.39, 0.29) is 5.92 Å². The number of hydrogen-bond acceptors (Lipinski definition) is 2. The predicted molar refractivity (Wildman–Crippen MR) is 72.0 cm³/mol. The van der Waals surface area contributed by atoms with Crippen molar-refractivity contribution in [3.05, 3.63) is 0 Å². The fourth-order valence-electron chi connectivity index (χ4n) is 2.62. The number of nitrogens with zero attached hydrogens (tertiary/aromatic N) is 1. The summed E-state index contributed by atoms with van der Waals surface area (Å²) >= 11 is 0. The summed E-state index contributed by atoms with van der Waals surface area (Å²) in [5.74, 6) is 0.618. The van der Waals surface area contributed by atoms with E-state index in [9.17, 15) is 4.79 Å². The lowest BCUT2D eigenvalue weighted by Crippen LogP contribution is -2.41. The van der Waals surface area contributed by atoms with E-state index in [0.717, 1.165) is 32.5 Å². The third-order valence-corrected chi connectivity index (χ3v) is 3.76. The molecule has 1 amide bonds. The molecule has 2 atom stereocenters. The molecule has 2 unspecified atom stereocenters. The highest BCUT2D eigenvalue weighted by Crippen LogP contribution is 2.17. The van der Waals surface area contributed by atoms with E-state index < -0.39 is 0 Å². The van der Waals surface area contributed by atoms with Crippen LogP contribution in [0.25, 0.3) is 0 Å². The molecule has 0 radical (unpaired) electrons. The topological polar surface area (TPSA) is 32.3 Å². The van der Waals surface area contributed by atoms with Gasteiger partial charge < -0.3 is 10.2 Å². The molecule has 0 spiro atoms. The van der Waals surface area contributed by atoms with Crippen molar-refractivity contribution < 1.29 is 4.79 Å². The number of nitrogens with one attached hydrogen (secondary N) is 1. The van der Waals surface area contributed by atoms with Gasteiger partial charge in [-0.2, -0.15) is 0 Å². The molecule has 0 bridgehead atoms. The molecule has 1 saturated heterocycles. The maximum atomic E-state index is 11.9. The fourth-order valence-corrected chi connectivity index (χ4v) is 2.62. The summed E-state index contributed by atoms with van der Waals surface area (Å²) in [4.78, 5) is 14.0. The predicted octanol–water partition coefficient (Wildman–Crippen LogP) is 2.41. The normalized spacial score (nSPS) is 22.9. The van der Waals surface area contributed by atoms with Gasteiger partial charge >= 0.3 is 0 Å². The van der Waals surface area contributed by atoms with E-state index in [4.69, 9.17) is 0 Å². The Morgan fingerprint density at radius 2 is 2.24 bits per heavy atom. The lowest BCUT2D eigenvalue weighted by atomic mass is 9.98. The highest BCUT2D eigenvalue weighted by Gasteiger charge is 2.24. The maximum Gasteiger partial charge on any atom is 0.225 e. The first kappa shape index (κ1) is 14.5. The van der Waals surface area contributed by atoms with Crippen LogP contribution in [0.15, 0.2) is 0 Å². The van der Waals surface area contributed by atoms with Crippen LogP contribution < -0.4 is 5.32 Å². The Morgan fingerprint density at radius 3 is 2.88 bits per heavy atom. The van der Waals surface area contributed by atoms with Gasteiger partial charge in [0.15, 0.2) is 0 Å². The molecule has 0 aromatic rings. The third-order valence-electron chi connectivity index (χ3n) is 3.76. The lowest BCUT2D eigenvalue weighted by molar-refractivity contribution is -0.137. The minimum atomic E-state index is 0.250. The molecule has 0 saturated carbocycles. The van der Waals surface area contributed by atoms with E-state index in [1.165, 1.54) is 19.3 Å². The number of rotatable bonds is 7. The van der Waals surface area contributed by atoms with E-state index in [0.29, 0.717) is 11.9 Å². The van der Waals surface area contributed by atoms with Crippen LogP contribution in [0.5, 0.6) is 0 Å². The zero-order valence-corrected chi connectivity index (χ0v) is 11.7. The van der Waals surface area contributed by atoms with Crippen LogP contribution in [0.4, 0.5) is 0 Å². The van der Waals surface area contributed by atoms with Gasteiger partial charge in [-0.1, -0.05) is 20.8 Å². The summed E-state index contributed by atoms with van der Waals surface area (Å²) in [6, 6.07) is 0.623. The molecule has 1 N–H and O–H groups in total. The molecule has 17 heavy (non-hydrogen) atoms. The Kier molecular flexibility index (Phi) is 6.56. The van der Waals surface area contributed by atoms with Crippen LogP contribution in [0.2, 0.25) is 0 Å². The van der Waals surface area contributed by atoms with E-state index in [1.54, 1.807) is 0 Å². The van der Waals surface area contributed by atoms with Crippen molar-refractivity contribution >= 4 is 5.91 Å². The molecule has 1 aliphatic rings. The molecule has 0 aromatic carbocycles. The monoisotopic (exact) mass is 240 g/mol. The lowest BCUT2D eigenvalue weighted by Gasteiger charge is -2.31. The second kappa shape index (κ2) is 7.70. The van der Waals surface area contributed by atoms with Gasteiger partial charge in [-0.3, -0.25) is 4.79 Å². The van der Waals surface area contributed by atoms with Crippen molar-refractivity contribution in [3.8, 4) is 0 Å². The van der Waals surface area contributed by atoms with Gasteiger partial charge in [0.05, 0.1) is 0 Å². The Balaban J connectivity index is 2.23. The number of carbonyl (C=O) groups excluding carboxylic acids is 1. The zero-order valence-electron chi connectivity index (χ0n) is 11.7. The average molecular weight is 240 g/mol. The Hall–Kier alpha value is -0.570. The van der Waals surface area contributed by atoms with E-state index in [2.05, 4.69) is 31.0 Å². The highest BCUT2D eigenvalue weighted by molar-refractivity contribution is 5.79. The first-order valence-corrected chi connectivity index (χ1v) is 7.21. The molecule has 1 rings (SSSR count). The number of piperidine rings is 1. The molecule has 0 aromatic heterocycles. The summed E-state index contributed by atoms with van der Waals surface area (Å²) in [5, 5.41) is 3.49. The molecule has 1 aliphatic heterocycles. The van der Waals surface area contributed by atoms with Gasteiger partial charge in [0.25, 0.3) is 0 Å². The zero-order chi connectivity index (χ0) is 12.7. The number of hydrogen-bond donors (Lipinski definition) is 1. The van der Waals surface area contributed by atoms with Crippen molar-refractivity contribution in [2.75, 3.05) is 19.6 Å². The molecule has 0 aliphatic carbocycles. The van der Waals surface area contributed by atoms with Crippen molar-refractivity contribution in [2.45, 2.75) is 58.9 Å². The Morgan fingerprint density at radius 1 is 1.47 bits per heavy atom. The second-order valence-corrected chi connectivity index (χ2v) is 5.17. The van der Waals surface area contributed by atoms with Crippen LogP contribution in [-0.4, -0.2) is 36.5 Å². The van der Waals surface area contributed by atoms with Gasteiger partial charge in [-0.25, -0.2) is 0 Å². The molecular weight excluding hydrogens is 212 g/mol. The highest BCUT2D eigenvalue weighted by atomic mass is 16.2. The summed E-state index contributed by atoms with van der Waals surface area (Å²) in [5.41, 5.74) is 0. The fraction of sp³-hybridized carbons (Fsp3) is 0.929. The standard InChI is InChI=1S/C14H28N2O/c1-4-13(15-5-2)9-7-11-16-10-6-8-12(3)14(16)17/h12-13,15H,4-11H2,1-3H3. The Labute approximate surface area is 106 Å². The number of amides is 1. The molecule has 3 nitrogen and oxygen atoms in total. The van der Waals surface area contributed by atoms with E-state index >= 15 is 0 Å². The van der Waals surface area contributed by atoms with Crippen LogP contribution in [0.1, 0.15) is 52.9 Å². The van der Waals surface area contributed by atoms with Crippen molar-refractivity contribution in [3.63, 3.8) is 0 Å². The van der Waals surface area contributed by atoms with Crippen LogP contribution in [0.3, 0.4) is 0 Å². The smallest absolute Gasteiger partial charge is 0.225 e. The third kappa shape index (κ3) is 4.66. The van der Waals surface area contributed by atoms with Crippen molar-refractivity contribution in [1.29, 1.82) is 0 Å². The molecular formula is C14H28N2O. The first-order chi connectivity index (χ1) is 8.19. The van der Waals surface area contributed by atoms with Gasteiger partial charge in [0.2, 0.25) is 5.91 Å².